The highest BCUT2D eigenvalue weighted by Gasteiger charge is 2.41. The number of hydrogen-bond acceptors (Lipinski definition) is 1. The van der Waals surface area contributed by atoms with Crippen molar-refractivity contribution >= 4 is 0 Å². The Morgan fingerprint density at radius 3 is 2.18 bits per heavy atom. The van der Waals surface area contributed by atoms with Crippen LogP contribution in [0.5, 0.6) is 0 Å². The molecular formula is C6H9F4N. The molecule has 0 spiro atoms. The maximum Gasteiger partial charge on any atom is 0.403 e. The molecule has 2 unspecified atom stereocenters. The average Bonchev–Trinajstić information content (AvgIpc) is 1.86. The Balaban J connectivity index is 2.46. The number of piperidine rings is 1. The largest absolute Gasteiger partial charge is 0.403 e. The van der Waals surface area contributed by atoms with E-state index in [9.17, 15) is 17.6 Å². The van der Waals surface area contributed by atoms with Crippen LogP contribution < -0.4 is 5.32 Å². The van der Waals surface area contributed by atoms with Gasteiger partial charge in [0.2, 0.25) is 0 Å². The van der Waals surface area contributed by atoms with E-state index in [1.54, 1.807) is 0 Å². The van der Waals surface area contributed by atoms with Gasteiger partial charge in [0.1, 0.15) is 6.04 Å². The van der Waals surface area contributed by atoms with Gasteiger partial charge in [-0.2, -0.15) is 13.2 Å². The second-order valence-electron chi connectivity index (χ2n) is 2.66. The van der Waals surface area contributed by atoms with Crippen molar-refractivity contribution in [2.45, 2.75) is 37.8 Å². The second kappa shape index (κ2) is 2.97. The van der Waals surface area contributed by atoms with Crippen LogP contribution >= 0.6 is 0 Å². The molecule has 2 atom stereocenters. The highest BCUT2D eigenvalue weighted by Crippen LogP contribution is 2.27. The van der Waals surface area contributed by atoms with Gasteiger partial charge in [0.05, 0.1) is 0 Å². The smallest absolute Gasteiger partial charge is 0.277 e. The molecule has 0 aromatic rings. The van der Waals surface area contributed by atoms with Crippen molar-refractivity contribution < 1.29 is 17.6 Å². The summed E-state index contributed by atoms with van der Waals surface area (Å²) in [5.74, 6) is 0. The molecule has 0 amide bonds. The third kappa shape index (κ3) is 2.32. The molecule has 1 nitrogen and oxygen atoms in total. The Bertz CT molecular complexity index is 133. The number of halogens is 4. The van der Waals surface area contributed by atoms with Gasteiger partial charge in [0.15, 0.2) is 6.30 Å². The highest BCUT2D eigenvalue weighted by molar-refractivity contribution is 4.80. The van der Waals surface area contributed by atoms with Gasteiger partial charge in [-0.05, 0) is 19.3 Å². The molecule has 0 saturated carbocycles. The van der Waals surface area contributed by atoms with E-state index in [2.05, 4.69) is 0 Å². The number of rotatable bonds is 0. The summed E-state index contributed by atoms with van der Waals surface area (Å²) in [6, 6.07) is -1.65. The fourth-order valence-corrected chi connectivity index (χ4v) is 1.14. The van der Waals surface area contributed by atoms with Crippen molar-refractivity contribution in [3.63, 3.8) is 0 Å². The predicted octanol–water partition coefficient (Wildman–Crippen LogP) is 1.99. The van der Waals surface area contributed by atoms with E-state index in [-0.39, 0.29) is 12.8 Å². The molecule has 0 bridgehead atoms. The van der Waals surface area contributed by atoms with Gasteiger partial charge < -0.3 is 0 Å². The summed E-state index contributed by atoms with van der Waals surface area (Å²) in [4.78, 5) is 0. The van der Waals surface area contributed by atoms with E-state index in [1.165, 1.54) is 0 Å². The monoisotopic (exact) mass is 171 g/mol. The zero-order chi connectivity index (χ0) is 8.48. The van der Waals surface area contributed by atoms with Crippen molar-refractivity contribution in [3.05, 3.63) is 0 Å². The van der Waals surface area contributed by atoms with Crippen LogP contribution in [-0.4, -0.2) is 18.5 Å². The lowest BCUT2D eigenvalue weighted by Gasteiger charge is -2.27. The van der Waals surface area contributed by atoms with Gasteiger partial charge >= 0.3 is 6.18 Å². The lowest BCUT2D eigenvalue weighted by atomic mass is 10.0. The Labute approximate surface area is 61.8 Å². The fourth-order valence-electron chi connectivity index (χ4n) is 1.14. The second-order valence-corrected chi connectivity index (χ2v) is 2.66. The third-order valence-corrected chi connectivity index (χ3v) is 1.73. The molecule has 5 heteroatoms. The summed E-state index contributed by atoms with van der Waals surface area (Å²) in [7, 11) is 0. The first-order valence-electron chi connectivity index (χ1n) is 3.47. The average molecular weight is 171 g/mol. The Hall–Kier alpha value is -0.320. The van der Waals surface area contributed by atoms with Gasteiger partial charge in [-0.25, -0.2) is 4.39 Å². The highest BCUT2D eigenvalue weighted by atomic mass is 19.4. The first kappa shape index (κ1) is 8.77. The quantitative estimate of drug-likeness (QED) is 0.434. The van der Waals surface area contributed by atoms with E-state index >= 15 is 0 Å². The SMILES string of the molecule is FC1CCCC(C(F)(F)F)N1. The van der Waals surface area contributed by atoms with Gasteiger partial charge in [-0.3, -0.25) is 5.32 Å². The molecule has 1 rings (SSSR count). The van der Waals surface area contributed by atoms with Crippen LogP contribution in [0.4, 0.5) is 17.6 Å². The lowest BCUT2D eigenvalue weighted by Crippen LogP contribution is -2.48. The molecule has 0 aromatic carbocycles. The molecule has 1 aliphatic heterocycles. The van der Waals surface area contributed by atoms with E-state index in [4.69, 9.17) is 0 Å². The van der Waals surface area contributed by atoms with Crippen molar-refractivity contribution in [1.29, 1.82) is 0 Å². The van der Waals surface area contributed by atoms with Gasteiger partial charge in [0.25, 0.3) is 0 Å². The molecule has 1 N–H and O–H groups in total. The number of nitrogens with one attached hydrogen (secondary N) is 1. The van der Waals surface area contributed by atoms with Crippen LogP contribution in [0.15, 0.2) is 0 Å². The predicted molar refractivity (Wildman–Crippen MR) is 31.7 cm³/mol. The van der Waals surface area contributed by atoms with Crippen molar-refractivity contribution in [1.82, 2.24) is 5.32 Å². The molecule has 1 heterocycles. The number of alkyl halides is 4. The Morgan fingerprint density at radius 2 is 1.82 bits per heavy atom. The van der Waals surface area contributed by atoms with E-state index in [1.807, 2.05) is 5.32 Å². The third-order valence-electron chi connectivity index (χ3n) is 1.73. The lowest BCUT2D eigenvalue weighted by molar-refractivity contribution is -0.167. The summed E-state index contributed by atoms with van der Waals surface area (Å²) in [6.07, 6.45) is -5.31. The fraction of sp³-hybridized carbons (Fsp3) is 1.00. The minimum absolute atomic E-state index is 0.0100. The van der Waals surface area contributed by atoms with E-state index in [0.29, 0.717) is 6.42 Å². The molecule has 1 saturated heterocycles. The summed E-state index contributed by atoms with van der Waals surface area (Å²) >= 11 is 0. The van der Waals surface area contributed by atoms with E-state index in [0.717, 1.165) is 0 Å². The molecule has 1 fully saturated rings. The normalized spacial score (nSPS) is 33.8. The van der Waals surface area contributed by atoms with Gasteiger partial charge in [0, 0.05) is 0 Å². The van der Waals surface area contributed by atoms with Crippen LogP contribution in [0.1, 0.15) is 19.3 Å². The van der Waals surface area contributed by atoms with Crippen LogP contribution in [0.2, 0.25) is 0 Å². The first-order chi connectivity index (χ1) is 5.00. The minimum atomic E-state index is -4.30. The van der Waals surface area contributed by atoms with Crippen molar-refractivity contribution in [3.8, 4) is 0 Å². The molecule has 0 radical (unpaired) electrons. The summed E-state index contributed by atoms with van der Waals surface area (Å²) in [6.45, 7) is 0. The zero-order valence-corrected chi connectivity index (χ0v) is 5.79. The Morgan fingerprint density at radius 1 is 1.18 bits per heavy atom. The van der Waals surface area contributed by atoms with Gasteiger partial charge in [-0.15, -0.1) is 0 Å². The van der Waals surface area contributed by atoms with E-state index < -0.39 is 18.5 Å². The molecule has 0 aliphatic carbocycles. The van der Waals surface area contributed by atoms with Crippen LogP contribution in [0.25, 0.3) is 0 Å². The minimum Gasteiger partial charge on any atom is -0.277 e. The molecule has 1 aliphatic rings. The zero-order valence-electron chi connectivity index (χ0n) is 5.79. The molecule has 66 valence electrons. The maximum absolute atomic E-state index is 12.4. The van der Waals surface area contributed by atoms with Crippen molar-refractivity contribution in [2.75, 3.05) is 0 Å². The number of hydrogen-bond donors (Lipinski definition) is 1. The standard InChI is InChI=1S/C6H9F4N/c7-5-3-1-2-4(11-5)6(8,9)10/h4-5,11H,1-3H2. The summed E-state index contributed by atoms with van der Waals surface area (Å²) < 4.78 is 48.0. The molecule has 0 aromatic heterocycles. The van der Waals surface area contributed by atoms with Crippen molar-refractivity contribution in [2.24, 2.45) is 0 Å². The molecular weight excluding hydrogens is 162 g/mol. The summed E-state index contributed by atoms with van der Waals surface area (Å²) in [5.41, 5.74) is 0. The van der Waals surface area contributed by atoms with Crippen LogP contribution in [0, 0.1) is 0 Å². The molecule has 11 heavy (non-hydrogen) atoms. The maximum atomic E-state index is 12.4. The topological polar surface area (TPSA) is 12.0 Å². The van der Waals surface area contributed by atoms with Crippen LogP contribution in [0.3, 0.4) is 0 Å². The Kier molecular flexibility index (Phi) is 2.37. The van der Waals surface area contributed by atoms with Gasteiger partial charge in [-0.1, -0.05) is 0 Å². The first-order valence-corrected chi connectivity index (χ1v) is 3.47. The van der Waals surface area contributed by atoms with Crippen LogP contribution in [-0.2, 0) is 0 Å². The summed E-state index contributed by atoms with van der Waals surface area (Å²) in [5, 5.41) is 1.86.